The van der Waals surface area contributed by atoms with E-state index in [4.69, 9.17) is 5.26 Å². The molecule has 0 amide bonds. The molecule has 18 heavy (non-hydrogen) atoms. The molecule has 0 aliphatic carbocycles. The van der Waals surface area contributed by atoms with Crippen LogP contribution in [0.3, 0.4) is 0 Å². The second-order valence-corrected chi connectivity index (χ2v) is 4.83. The molecule has 0 saturated carbocycles. The average molecular weight is 256 g/mol. The molecule has 0 unspecified atom stereocenters. The van der Waals surface area contributed by atoms with E-state index in [2.05, 4.69) is 34.3 Å². The predicted octanol–water partition coefficient (Wildman–Crippen LogP) is 3.15. The molecule has 1 aromatic carbocycles. The molecule has 1 heterocycles. The molecular weight excluding hydrogens is 244 g/mol. The second-order valence-electron chi connectivity index (χ2n) is 3.49. The smallest absolute Gasteiger partial charge is 0.236 e. The lowest BCUT2D eigenvalue weighted by atomic mass is 10.1. The van der Waals surface area contributed by atoms with Gasteiger partial charge in [-0.1, -0.05) is 19.1 Å². The van der Waals surface area contributed by atoms with Gasteiger partial charge in [-0.3, -0.25) is 5.32 Å². The van der Waals surface area contributed by atoms with Gasteiger partial charge in [-0.25, -0.2) is 9.97 Å². The van der Waals surface area contributed by atoms with Gasteiger partial charge >= 0.3 is 0 Å². The fourth-order valence-electron chi connectivity index (χ4n) is 1.50. The first-order chi connectivity index (χ1) is 8.83. The van der Waals surface area contributed by atoms with E-state index in [1.54, 1.807) is 18.6 Å². The zero-order valence-corrected chi connectivity index (χ0v) is 10.7. The van der Waals surface area contributed by atoms with Crippen molar-refractivity contribution in [3.63, 3.8) is 0 Å². The number of aromatic nitrogens is 2. The topological polar surface area (TPSA) is 61.6 Å². The highest BCUT2D eigenvalue weighted by molar-refractivity contribution is 7.99. The molecule has 1 aromatic heterocycles. The minimum Gasteiger partial charge on any atom is -0.261 e. The van der Waals surface area contributed by atoms with Crippen LogP contribution in [-0.4, -0.2) is 15.7 Å². The van der Waals surface area contributed by atoms with Gasteiger partial charge in [-0.05, 0) is 23.4 Å². The molecule has 0 atom stereocenters. The standard InChI is InChI=1S/C13H12N4S/c1-2-18-12-5-3-10(4-6-12)11-7-15-13(16-8-11)17-9-14/h3-8H,2H2,1H3,(H,15,16,17). The van der Waals surface area contributed by atoms with E-state index in [0.717, 1.165) is 16.9 Å². The molecule has 4 nitrogen and oxygen atoms in total. The molecule has 0 aliphatic rings. The number of nitrogens with one attached hydrogen (secondary N) is 1. The van der Waals surface area contributed by atoms with Crippen molar-refractivity contribution < 1.29 is 0 Å². The molecule has 0 aliphatic heterocycles. The summed E-state index contributed by atoms with van der Waals surface area (Å²) < 4.78 is 0. The summed E-state index contributed by atoms with van der Waals surface area (Å²) in [5.41, 5.74) is 2.01. The summed E-state index contributed by atoms with van der Waals surface area (Å²) in [5.74, 6) is 1.39. The lowest BCUT2D eigenvalue weighted by Gasteiger charge is -2.03. The van der Waals surface area contributed by atoms with Gasteiger partial charge in [0, 0.05) is 22.9 Å². The Morgan fingerprint density at radius 2 is 1.83 bits per heavy atom. The Bertz CT molecular complexity index is 543. The fourth-order valence-corrected chi connectivity index (χ4v) is 2.16. The monoisotopic (exact) mass is 256 g/mol. The molecule has 1 N–H and O–H groups in total. The lowest BCUT2D eigenvalue weighted by molar-refractivity contribution is 1.17. The van der Waals surface area contributed by atoms with Gasteiger partial charge in [-0.15, -0.1) is 11.8 Å². The van der Waals surface area contributed by atoms with Gasteiger partial charge in [0.15, 0.2) is 6.19 Å². The highest BCUT2D eigenvalue weighted by Crippen LogP contribution is 2.23. The number of nitriles is 1. The maximum absolute atomic E-state index is 8.44. The molecule has 90 valence electrons. The predicted molar refractivity (Wildman–Crippen MR) is 73.1 cm³/mol. The van der Waals surface area contributed by atoms with Crippen LogP contribution < -0.4 is 5.32 Å². The highest BCUT2D eigenvalue weighted by Gasteiger charge is 2.00. The van der Waals surface area contributed by atoms with Crippen molar-refractivity contribution in [1.29, 1.82) is 5.26 Å². The zero-order chi connectivity index (χ0) is 12.8. The van der Waals surface area contributed by atoms with E-state index in [1.165, 1.54) is 4.90 Å². The van der Waals surface area contributed by atoms with E-state index in [1.807, 2.05) is 23.9 Å². The molecule has 0 fully saturated rings. The summed E-state index contributed by atoms with van der Waals surface area (Å²) in [6.07, 6.45) is 5.19. The first-order valence-electron chi connectivity index (χ1n) is 5.54. The second kappa shape index (κ2) is 6.03. The Morgan fingerprint density at radius 3 is 2.39 bits per heavy atom. The van der Waals surface area contributed by atoms with E-state index in [9.17, 15) is 0 Å². The van der Waals surface area contributed by atoms with Crippen LogP contribution in [0.1, 0.15) is 6.92 Å². The lowest BCUT2D eigenvalue weighted by Crippen LogP contribution is -1.94. The molecule has 0 bridgehead atoms. The van der Waals surface area contributed by atoms with Crippen molar-refractivity contribution in [2.75, 3.05) is 11.1 Å². The number of hydrogen-bond acceptors (Lipinski definition) is 5. The number of thioether (sulfide) groups is 1. The Balaban J connectivity index is 2.18. The molecule has 2 rings (SSSR count). The fraction of sp³-hybridized carbons (Fsp3) is 0.154. The highest BCUT2D eigenvalue weighted by atomic mass is 32.2. The summed E-state index contributed by atoms with van der Waals surface area (Å²) >= 11 is 1.81. The van der Waals surface area contributed by atoms with Crippen molar-refractivity contribution >= 4 is 17.7 Å². The van der Waals surface area contributed by atoms with Crippen molar-refractivity contribution in [2.45, 2.75) is 11.8 Å². The summed E-state index contributed by atoms with van der Waals surface area (Å²) in [5, 5.41) is 10.8. The quantitative estimate of drug-likeness (QED) is 0.517. The van der Waals surface area contributed by atoms with Crippen LogP contribution in [0, 0.1) is 11.5 Å². The van der Waals surface area contributed by atoms with Gasteiger partial charge in [0.05, 0.1) is 0 Å². The molecule has 0 spiro atoms. The van der Waals surface area contributed by atoms with Crippen LogP contribution in [0.4, 0.5) is 5.95 Å². The largest absolute Gasteiger partial charge is 0.261 e. The van der Waals surface area contributed by atoms with Crippen LogP contribution in [-0.2, 0) is 0 Å². The van der Waals surface area contributed by atoms with E-state index >= 15 is 0 Å². The van der Waals surface area contributed by atoms with Crippen LogP contribution in [0.2, 0.25) is 0 Å². The summed E-state index contributed by atoms with van der Waals surface area (Å²) in [4.78, 5) is 9.36. The summed E-state index contributed by atoms with van der Waals surface area (Å²) in [6.45, 7) is 2.13. The average Bonchev–Trinajstić information content (AvgIpc) is 2.41. The molecule has 5 heteroatoms. The Hall–Kier alpha value is -2.06. The van der Waals surface area contributed by atoms with E-state index < -0.39 is 0 Å². The minimum absolute atomic E-state index is 0.319. The third-order valence-corrected chi connectivity index (χ3v) is 3.21. The van der Waals surface area contributed by atoms with Crippen LogP contribution in [0.15, 0.2) is 41.6 Å². The Labute approximate surface area is 110 Å². The number of benzene rings is 1. The minimum atomic E-state index is 0.319. The van der Waals surface area contributed by atoms with Crippen molar-refractivity contribution in [3.8, 4) is 17.3 Å². The number of nitrogens with zero attached hydrogens (tertiary/aromatic N) is 3. The number of rotatable bonds is 4. The van der Waals surface area contributed by atoms with Crippen molar-refractivity contribution in [3.05, 3.63) is 36.7 Å². The Morgan fingerprint density at radius 1 is 1.17 bits per heavy atom. The third-order valence-electron chi connectivity index (χ3n) is 2.32. The van der Waals surface area contributed by atoms with Gasteiger partial charge in [-0.2, -0.15) is 5.26 Å². The van der Waals surface area contributed by atoms with Crippen LogP contribution in [0.25, 0.3) is 11.1 Å². The third kappa shape index (κ3) is 2.99. The molecule has 2 aromatic rings. The maximum Gasteiger partial charge on any atom is 0.236 e. The van der Waals surface area contributed by atoms with Crippen molar-refractivity contribution in [1.82, 2.24) is 9.97 Å². The van der Waals surface area contributed by atoms with Crippen molar-refractivity contribution in [2.24, 2.45) is 0 Å². The maximum atomic E-state index is 8.44. The Kier molecular flexibility index (Phi) is 4.15. The van der Waals surface area contributed by atoms with Crippen LogP contribution in [0.5, 0.6) is 0 Å². The SMILES string of the molecule is CCSc1ccc(-c2cnc(NC#N)nc2)cc1. The summed E-state index contributed by atoms with van der Waals surface area (Å²) in [7, 11) is 0. The first kappa shape index (κ1) is 12.4. The van der Waals surface area contributed by atoms with Crippen LogP contribution >= 0.6 is 11.8 Å². The van der Waals surface area contributed by atoms with E-state index in [-0.39, 0.29) is 0 Å². The van der Waals surface area contributed by atoms with Gasteiger partial charge in [0.25, 0.3) is 0 Å². The van der Waals surface area contributed by atoms with E-state index in [0.29, 0.717) is 5.95 Å². The number of hydrogen-bond donors (Lipinski definition) is 1. The number of anilines is 1. The molecular formula is C13H12N4S. The van der Waals surface area contributed by atoms with Gasteiger partial charge in [0.2, 0.25) is 5.95 Å². The summed E-state index contributed by atoms with van der Waals surface area (Å²) in [6, 6.07) is 8.28. The first-order valence-corrected chi connectivity index (χ1v) is 6.52. The van der Waals surface area contributed by atoms with Gasteiger partial charge in [0.1, 0.15) is 0 Å². The van der Waals surface area contributed by atoms with Gasteiger partial charge < -0.3 is 0 Å². The molecule has 0 saturated heterocycles. The molecule has 0 radical (unpaired) electrons. The zero-order valence-electron chi connectivity index (χ0n) is 9.92. The normalized spacial score (nSPS) is 9.78.